The summed E-state index contributed by atoms with van der Waals surface area (Å²) < 4.78 is 0.932. The third kappa shape index (κ3) is 3.27. The molecule has 0 amide bonds. The third-order valence-electron chi connectivity index (χ3n) is 1.48. The number of hydrogen-bond acceptors (Lipinski definition) is 2. The van der Waals surface area contributed by atoms with Crippen LogP contribution in [0.25, 0.3) is 6.08 Å². The van der Waals surface area contributed by atoms with E-state index in [2.05, 4.69) is 26.4 Å². The van der Waals surface area contributed by atoms with Gasteiger partial charge in [-0.1, -0.05) is 34.1 Å². The van der Waals surface area contributed by atoms with Crippen LogP contribution in [0.5, 0.6) is 0 Å². The van der Waals surface area contributed by atoms with Gasteiger partial charge < -0.3 is 0 Å². The van der Waals surface area contributed by atoms with Crippen molar-refractivity contribution in [2.75, 3.05) is 7.11 Å². The lowest BCUT2D eigenvalue weighted by Crippen LogP contribution is -2.19. The highest BCUT2D eigenvalue weighted by atomic mass is 79.9. The van der Waals surface area contributed by atoms with Crippen molar-refractivity contribution in [3.8, 4) is 0 Å². The zero-order valence-electron chi connectivity index (χ0n) is 7.61. The Morgan fingerprint density at radius 1 is 1.50 bits per heavy atom. The van der Waals surface area contributed by atoms with Gasteiger partial charge in [-0.3, -0.25) is 0 Å². The van der Waals surface area contributed by atoms with E-state index in [0.29, 0.717) is 4.87 Å². The first-order valence-corrected chi connectivity index (χ1v) is 4.71. The molecule has 0 spiro atoms. The van der Waals surface area contributed by atoms with E-state index in [4.69, 9.17) is 0 Å². The summed E-state index contributed by atoms with van der Waals surface area (Å²) in [6.45, 7) is 0. The zero-order valence-corrected chi connectivity index (χ0v) is 9.19. The average Bonchev–Trinajstić information content (AvgIpc) is 2.17. The SMILES string of the molecule is CON[N+](=O)/C=C/c1ccccc1Br. The van der Waals surface area contributed by atoms with Crippen LogP contribution in [0, 0.1) is 4.91 Å². The van der Waals surface area contributed by atoms with Gasteiger partial charge in [-0.25, -0.2) is 4.84 Å². The summed E-state index contributed by atoms with van der Waals surface area (Å²) in [5.74, 6) is 0. The highest BCUT2D eigenvalue weighted by molar-refractivity contribution is 9.10. The van der Waals surface area contributed by atoms with E-state index >= 15 is 0 Å². The van der Waals surface area contributed by atoms with E-state index in [1.807, 2.05) is 24.3 Å². The molecule has 0 atom stereocenters. The second-order valence-electron chi connectivity index (χ2n) is 2.46. The molecule has 0 radical (unpaired) electrons. The van der Waals surface area contributed by atoms with Gasteiger partial charge in [-0.15, -0.1) is 0 Å². The van der Waals surface area contributed by atoms with Gasteiger partial charge >= 0.3 is 0 Å². The Morgan fingerprint density at radius 2 is 2.21 bits per heavy atom. The molecule has 0 fully saturated rings. The second-order valence-corrected chi connectivity index (χ2v) is 3.31. The van der Waals surface area contributed by atoms with Crippen molar-refractivity contribution in [3.05, 3.63) is 45.4 Å². The molecule has 74 valence electrons. The van der Waals surface area contributed by atoms with Gasteiger partial charge in [0.1, 0.15) is 0 Å². The standard InChI is InChI=1S/C9H10BrN2O2/c1-14-11-12(13)7-6-8-4-2-3-5-9(8)10/h2-7H,1H3,(H,11,13)/q+1/b7-6+. The van der Waals surface area contributed by atoms with Crippen molar-refractivity contribution in [3.63, 3.8) is 0 Å². The minimum absolute atomic E-state index is 0.472. The Labute approximate surface area is 90.2 Å². The zero-order chi connectivity index (χ0) is 10.4. The van der Waals surface area contributed by atoms with Gasteiger partial charge in [-0.05, 0) is 17.2 Å². The van der Waals surface area contributed by atoms with Crippen LogP contribution in [0.2, 0.25) is 0 Å². The van der Waals surface area contributed by atoms with E-state index in [-0.39, 0.29) is 0 Å². The van der Waals surface area contributed by atoms with Gasteiger partial charge in [0.2, 0.25) is 0 Å². The Balaban J connectivity index is 2.69. The average molecular weight is 258 g/mol. The number of nitrogens with one attached hydrogen (secondary N) is 1. The maximum Gasteiger partial charge on any atom is 0.260 e. The molecule has 0 bridgehead atoms. The van der Waals surface area contributed by atoms with Crippen molar-refractivity contribution in [1.82, 2.24) is 5.59 Å². The predicted molar refractivity (Wildman–Crippen MR) is 56.9 cm³/mol. The smallest absolute Gasteiger partial charge is 0.228 e. The molecular weight excluding hydrogens is 248 g/mol. The summed E-state index contributed by atoms with van der Waals surface area (Å²) in [4.78, 5) is 15.8. The van der Waals surface area contributed by atoms with Gasteiger partial charge in [0, 0.05) is 10.5 Å². The molecule has 0 aliphatic carbocycles. The highest BCUT2D eigenvalue weighted by Gasteiger charge is 2.00. The molecule has 0 aliphatic rings. The molecule has 0 heterocycles. The molecule has 1 rings (SSSR count). The van der Waals surface area contributed by atoms with Crippen molar-refractivity contribution < 1.29 is 9.71 Å². The largest absolute Gasteiger partial charge is 0.260 e. The molecule has 1 N–H and O–H groups in total. The summed E-state index contributed by atoms with van der Waals surface area (Å²) in [6, 6.07) is 7.59. The Kier molecular flexibility index (Phi) is 4.28. The van der Waals surface area contributed by atoms with Crippen LogP contribution < -0.4 is 5.59 Å². The predicted octanol–water partition coefficient (Wildman–Crippen LogP) is 2.26. The van der Waals surface area contributed by atoms with Crippen LogP contribution in [0.4, 0.5) is 0 Å². The number of halogens is 1. The van der Waals surface area contributed by atoms with Crippen LogP contribution in [-0.2, 0) is 4.84 Å². The van der Waals surface area contributed by atoms with Gasteiger partial charge in [0.15, 0.2) is 4.87 Å². The molecule has 0 unspecified atom stereocenters. The maximum absolute atomic E-state index is 10.9. The van der Waals surface area contributed by atoms with Crippen LogP contribution in [-0.4, -0.2) is 12.0 Å². The normalized spacial score (nSPS) is 10.4. The Bertz CT molecular complexity index is 352. The van der Waals surface area contributed by atoms with Crippen LogP contribution >= 0.6 is 15.9 Å². The first kappa shape index (κ1) is 10.9. The number of nitrogens with zero attached hydrogens (tertiary/aromatic N) is 1. The number of hydrogen-bond donors (Lipinski definition) is 1. The fourth-order valence-electron chi connectivity index (χ4n) is 0.879. The fourth-order valence-corrected chi connectivity index (χ4v) is 1.30. The highest BCUT2D eigenvalue weighted by Crippen LogP contribution is 2.16. The number of hydrazine groups is 1. The molecule has 0 saturated carbocycles. The van der Waals surface area contributed by atoms with Crippen molar-refractivity contribution in [2.24, 2.45) is 0 Å². The summed E-state index contributed by atoms with van der Waals surface area (Å²) in [7, 11) is 1.37. The van der Waals surface area contributed by atoms with E-state index in [1.165, 1.54) is 13.3 Å². The Hall–Kier alpha value is -1.20. The van der Waals surface area contributed by atoms with Crippen LogP contribution in [0.15, 0.2) is 34.9 Å². The van der Waals surface area contributed by atoms with Gasteiger partial charge in [0.05, 0.1) is 12.0 Å². The number of rotatable bonds is 4. The van der Waals surface area contributed by atoms with Gasteiger partial charge in [-0.2, -0.15) is 0 Å². The lowest BCUT2D eigenvalue weighted by atomic mass is 10.2. The fraction of sp³-hybridized carbons (Fsp3) is 0.111. The minimum Gasteiger partial charge on any atom is -0.228 e. The van der Waals surface area contributed by atoms with Crippen molar-refractivity contribution in [1.29, 1.82) is 0 Å². The minimum atomic E-state index is 0.472. The maximum atomic E-state index is 10.9. The monoisotopic (exact) mass is 257 g/mol. The second kappa shape index (κ2) is 5.51. The quantitative estimate of drug-likeness (QED) is 0.665. The van der Waals surface area contributed by atoms with Crippen LogP contribution in [0.3, 0.4) is 0 Å². The van der Waals surface area contributed by atoms with E-state index < -0.39 is 0 Å². The first-order chi connectivity index (χ1) is 6.74. The molecule has 0 aromatic heterocycles. The Morgan fingerprint density at radius 3 is 2.86 bits per heavy atom. The molecule has 1 aromatic carbocycles. The topological polar surface area (TPSA) is 41.3 Å². The number of nitroso groups, excluding NO2 is 1. The first-order valence-electron chi connectivity index (χ1n) is 3.92. The van der Waals surface area contributed by atoms with Gasteiger partial charge in [0.25, 0.3) is 6.20 Å². The molecule has 1 aromatic rings. The molecule has 0 saturated heterocycles. The van der Waals surface area contributed by atoms with E-state index in [1.54, 1.807) is 6.08 Å². The summed E-state index contributed by atoms with van der Waals surface area (Å²) in [5, 5.41) is 0. The number of benzene rings is 1. The van der Waals surface area contributed by atoms with E-state index in [0.717, 1.165) is 10.0 Å². The molecule has 0 aliphatic heterocycles. The molecule has 4 nitrogen and oxygen atoms in total. The lowest BCUT2D eigenvalue weighted by molar-refractivity contribution is -0.601. The third-order valence-corrected chi connectivity index (χ3v) is 2.20. The van der Waals surface area contributed by atoms with Crippen molar-refractivity contribution >= 4 is 22.0 Å². The summed E-state index contributed by atoms with van der Waals surface area (Å²) in [5.41, 5.74) is 3.03. The molecule has 14 heavy (non-hydrogen) atoms. The summed E-state index contributed by atoms with van der Waals surface area (Å²) in [6.07, 6.45) is 2.99. The molecule has 5 heteroatoms. The van der Waals surface area contributed by atoms with E-state index in [9.17, 15) is 4.91 Å². The van der Waals surface area contributed by atoms with Crippen LogP contribution in [0.1, 0.15) is 5.56 Å². The summed E-state index contributed by atoms with van der Waals surface area (Å²) >= 11 is 3.36. The van der Waals surface area contributed by atoms with Crippen molar-refractivity contribution in [2.45, 2.75) is 0 Å². The lowest BCUT2D eigenvalue weighted by Gasteiger charge is -1.93. The molecular formula is C9H10BrN2O2+.